The van der Waals surface area contributed by atoms with Crippen molar-refractivity contribution in [1.82, 2.24) is 0 Å². The van der Waals surface area contributed by atoms with Crippen molar-refractivity contribution in [3.05, 3.63) is 72.3 Å². The molecule has 0 saturated heterocycles. The van der Waals surface area contributed by atoms with Gasteiger partial charge in [0.2, 0.25) is 0 Å². The summed E-state index contributed by atoms with van der Waals surface area (Å²) >= 11 is 0. The zero-order valence-electron chi connectivity index (χ0n) is 11.6. The molecule has 106 valence electrons. The molecule has 3 nitrogen and oxygen atoms in total. The maximum absolute atomic E-state index is 11.5. The zero-order chi connectivity index (χ0) is 15.1. The van der Waals surface area contributed by atoms with E-state index in [-0.39, 0.29) is 5.56 Å². The first-order valence-electron chi connectivity index (χ1n) is 6.98. The van der Waals surface area contributed by atoms with Crippen molar-refractivity contribution in [1.29, 1.82) is 0 Å². The molecule has 1 N–H and O–H groups in total. The first kappa shape index (κ1) is 12.7. The van der Waals surface area contributed by atoms with Crippen LogP contribution in [0.15, 0.2) is 71.1 Å². The van der Waals surface area contributed by atoms with E-state index in [4.69, 9.17) is 4.42 Å². The van der Waals surface area contributed by atoms with Crippen molar-refractivity contribution in [2.45, 2.75) is 0 Å². The van der Waals surface area contributed by atoms with Crippen LogP contribution in [0.1, 0.15) is 10.4 Å². The van der Waals surface area contributed by atoms with Crippen LogP contribution in [0.5, 0.6) is 0 Å². The molecule has 4 aromatic rings. The molecule has 0 radical (unpaired) electrons. The third-order valence-electron chi connectivity index (χ3n) is 3.85. The highest BCUT2D eigenvalue weighted by molar-refractivity contribution is 6.11. The predicted molar refractivity (Wildman–Crippen MR) is 86.1 cm³/mol. The number of rotatable bonds is 2. The highest BCUT2D eigenvalue weighted by Crippen LogP contribution is 2.36. The molecule has 0 amide bonds. The maximum atomic E-state index is 11.5. The minimum atomic E-state index is -0.941. The molecule has 0 aliphatic rings. The van der Waals surface area contributed by atoms with Crippen LogP contribution in [0.2, 0.25) is 0 Å². The van der Waals surface area contributed by atoms with E-state index in [0.717, 1.165) is 27.5 Å². The Hall–Kier alpha value is -3.07. The molecule has 0 atom stereocenters. The molecule has 1 heterocycles. The van der Waals surface area contributed by atoms with Crippen molar-refractivity contribution in [3.8, 4) is 11.1 Å². The summed E-state index contributed by atoms with van der Waals surface area (Å²) < 4.78 is 5.98. The van der Waals surface area contributed by atoms with Crippen LogP contribution in [0.25, 0.3) is 33.1 Å². The summed E-state index contributed by atoms with van der Waals surface area (Å²) in [5.41, 5.74) is 3.26. The molecule has 3 aromatic carbocycles. The molecule has 22 heavy (non-hydrogen) atoms. The summed E-state index contributed by atoms with van der Waals surface area (Å²) in [4.78, 5) is 11.5. The number of carboxylic acid groups (broad SMARTS) is 1. The molecule has 0 aliphatic heterocycles. The third-order valence-corrected chi connectivity index (χ3v) is 3.85. The number of para-hydroxylation sites is 2. The van der Waals surface area contributed by atoms with Gasteiger partial charge in [-0.3, -0.25) is 0 Å². The number of hydrogen-bond acceptors (Lipinski definition) is 2. The molecule has 0 aliphatic carbocycles. The fourth-order valence-electron chi connectivity index (χ4n) is 2.86. The van der Waals surface area contributed by atoms with E-state index in [0.29, 0.717) is 5.56 Å². The van der Waals surface area contributed by atoms with Gasteiger partial charge >= 0.3 is 5.97 Å². The Morgan fingerprint density at radius 2 is 1.45 bits per heavy atom. The van der Waals surface area contributed by atoms with Gasteiger partial charge in [0, 0.05) is 16.3 Å². The second kappa shape index (κ2) is 4.74. The second-order valence-corrected chi connectivity index (χ2v) is 5.13. The zero-order valence-corrected chi connectivity index (χ0v) is 11.6. The van der Waals surface area contributed by atoms with Gasteiger partial charge in [-0.2, -0.15) is 0 Å². The molecule has 0 unspecified atom stereocenters. The Kier molecular flexibility index (Phi) is 2.73. The minimum absolute atomic E-state index is 0.274. The second-order valence-electron chi connectivity index (χ2n) is 5.13. The van der Waals surface area contributed by atoms with E-state index in [2.05, 4.69) is 0 Å². The van der Waals surface area contributed by atoms with E-state index in [1.807, 2.05) is 54.6 Å². The van der Waals surface area contributed by atoms with E-state index in [1.54, 1.807) is 12.1 Å². The Morgan fingerprint density at radius 1 is 0.773 bits per heavy atom. The van der Waals surface area contributed by atoms with Crippen LogP contribution in [0.3, 0.4) is 0 Å². The van der Waals surface area contributed by atoms with Crippen LogP contribution in [0.4, 0.5) is 0 Å². The molecule has 0 bridgehead atoms. The van der Waals surface area contributed by atoms with E-state index >= 15 is 0 Å². The van der Waals surface area contributed by atoms with Gasteiger partial charge in [0.1, 0.15) is 11.2 Å². The van der Waals surface area contributed by atoms with E-state index in [9.17, 15) is 9.90 Å². The summed E-state index contributed by atoms with van der Waals surface area (Å²) in [6.45, 7) is 0. The average molecular weight is 288 g/mol. The molecule has 0 spiro atoms. The summed E-state index contributed by atoms with van der Waals surface area (Å²) in [5, 5.41) is 11.4. The largest absolute Gasteiger partial charge is 0.478 e. The lowest BCUT2D eigenvalue weighted by Gasteiger charge is -2.06. The average Bonchev–Trinajstić information content (AvgIpc) is 2.93. The first-order chi connectivity index (χ1) is 10.8. The maximum Gasteiger partial charge on any atom is 0.336 e. The normalized spacial score (nSPS) is 11.1. The standard InChI is InChI=1S/C19H12O3/c20-19(21)16-8-2-1-6-12(16)14-9-5-10-15-13-7-3-4-11-17(13)22-18(14)15/h1-11H,(H,20,21). The van der Waals surface area contributed by atoms with Gasteiger partial charge < -0.3 is 9.52 Å². The number of hydrogen-bond donors (Lipinski definition) is 1. The number of carboxylic acids is 1. The predicted octanol–water partition coefficient (Wildman–Crippen LogP) is 4.95. The van der Waals surface area contributed by atoms with Gasteiger partial charge in [-0.15, -0.1) is 0 Å². The van der Waals surface area contributed by atoms with Crippen molar-refractivity contribution in [2.75, 3.05) is 0 Å². The topological polar surface area (TPSA) is 50.4 Å². The van der Waals surface area contributed by atoms with Crippen molar-refractivity contribution < 1.29 is 14.3 Å². The minimum Gasteiger partial charge on any atom is -0.478 e. The highest BCUT2D eigenvalue weighted by Gasteiger charge is 2.16. The van der Waals surface area contributed by atoms with Gasteiger partial charge in [0.05, 0.1) is 5.56 Å². The van der Waals surface area contributed by atoms with Crippen molar-refractivity contribution >= 4 is 27.9 Å². The van der Waals surface area contributed by atoms with Crippen LogP contribution >= 0.6 is 0 Å². The highest BCUT2D eigenvalue weighted by atomic mass is 16.4. The quantitative estimate of drug-likeness (QED) is 0.567. The summed E-state index contributed by atoms with van der Waals surface area (Å²) in [5.74, 6) is -0.941. The van der Waals surface area contributed by atoms with Crippen LogP contribution in [0, 0.1) is 0 Å². The summed E-state index contributed by atoms with van der Waals surface area (Å²) in [6.07, 6.45) is 0. The Balaban J connectivity index is 2.10. The van der Waals surface area contributed by atoms with E-state index < -0.39 is 5.97 Å². The van der Waals surface area contributed by atoms with Gasteiger partial charge in [-0.1, -0.05) is 54.6 Å². The van der Waals surface area contributed by atoms with Gasteiger partial charge in [-0.05, 0) is 17.7 Å². The monoisotopic (exact) mass is 288 g/mol. The van der Waals surface area contributed by atoms with Gasteiger partial charge in [0.25, 0.3) is 0 Å². The Bertz CT molecular complexity index is 1010. The number of carbonyl (C=O) groups is 1. The lowest BCUT2D eigenvalue weighted by molar-refractivity contribution is 0.0698. The fourth-order valence-corrected chi connectivity index (χ4v) is 2.86. The lowest BCUT2D eigenvalue weighted by atomic mass is 9.98. The molecule has 0 fully saturated rings. The molecular formula is C19H12O3. The molecule has 3 heteroatoms. The van der Waals surface area contributed by atoms with Crippen molar-refractivity contribution in [3.63, 3.8) is 0 Å². The number of aromatic carboxylic acids is 1. The van der Waals surface area contributed by atoms with Crippen LogP contribution < -0.4 is 0 Å². The van der Waals surface area contributed by atoms with Crippen LogP contribution in [-0.4, -0.2) is 11.1 Å². The third kappa shape index (κ3) is 1.79. The van der Waals surface area contributed by atoms with Crippen LogP contribution in [-0.2, 0) is 0 Å². The van der Waals surface area contributed by atoms with E-state index in [1.165, 1.54) is 0 Å². The molecular weight excluding hydrogens is 276 g/mol. The van der Waals surface area contributed by atoms with Crippen molar-refractivity contribution in [2.24, 2.45) is 0 Å². The summed E-state index contributed by atoms with van der Waals surface area (Å²) in [7, 11) is 0. The fraction of sp³-hybridized carbons (Fsp3) is 0. The Labute approximate surface area is 126 Å². The number of fused-ring (bicyclic) bond motifs is 3. The smallest absolute Gasteiger partial charge is 0.336 e. The first-order valence-corrected chi connectivity index (χ1v) is 6.98. The Morgan fingerprint density at radius 3 is 2.32 bits per heavy atom. The lowest BCUT2D eigenvalue weighted by Crippen LogP contribution is -1.99. The molecule has 4 rings (SSSR count). The number of furan rings is 1. The summed E-state index contributed by atoms with van der Waals surface area (Å²) in [6, 6.07) is 20.6. The SMILES string of the molecule is O=C(O)c1ccccc1-c1cccc2c1oc1ccccc12. The molecule has 0 saturated carbocycles. The van der Waals surface area contributed by atoms with Gasteiger partial charge in [0.15, 0.2) is 0 Å². The number of benzene rings is 3. The van der Waals surface area contributed by atoms with Gasteiger partial charge in [-0.25, -0.2) is 4.79 Å². The molecule has 1 aromatic heterocycles.